The molecule has 0 aromatic heterocycles. The zero-order valence-electron chi connectivity index (χ0n) is 8.16. The Morgan fingerprint density at radius 2 is 2.38 bits per heavy atom. The SMILES string of the molecule is CCNC1OC1[C@@H]1C[C@@H](F)CN1C. The van der Waals surface area contributed by atoms with Crippen LogP contribution in [0, 0.1) is 0 Å². The Bertz CT molecular complexity index is 190. The molecule has 0 bridgehead atoms. The van der Waals surface area contributed by atoms with Crippen LogP contribution in [0.3, 0.4) is 0 Å². The smallest absolute Gasteiger partial charge is 0.136 e. The van der Waals surface area contributed by atoms with Crippen LogP contribution in [0.15, 0.2) is 0 Å². The summed E-state index contributed by atoms with van der Waals surface area (Å²) in [5, 5.41) is 3.21. The van der Waals surface area contributed by atoms with Crippen LogP contribution in [0.5, 0.6) is 0 Å². The molecule has 0 spiro atoms. The number of rotatable bonds is 3. The standard InChI is InChI=1S/C9H17FN2O/c1-3-11-9-8(13-9)7-4-6(10)5-12(7)2/h6-9,11H,3-5H2,1-2H3/t6-,7+,8?,9?/m1/s1. The Labute approximate surface area is 78.2 Å². The van der Waals surface area contributed by atoms with Crippen LogP contribution >= 0.6 is 0 Å². The molecule has 2 aliphatic rings. The van der Waals surface area contributed by atoms with Crippen molar-refractivity contribution in [2.45, 2.75) is 37.9 Å². The molecule has 0 radical (unpaired) electrons. The van der Waals surface area contributed by atoms with Crippen molar-refractivity contribution in [1.29, 1.82) is 0 Å². The van der Waals surface area contributed by atoms with E-state index in [1.807, 2.05) is 7.05 Å². The number of ether oxygens (including phenoxy) is 1. The van der Waals surface area contributed by atoms with E-state index in [0.29, 0.717) is 13.0 Å². The van der Waals surface area contributed by atoms with Gasteiger partial charge in [-0.25, -0.2) is 4.39 Å². The summed E-state index contributed by atoms with van der Waals surface area (Å²) in [6.07, 6.45) is 0.346. The van der Waals surface area contributed by atoms with Gasteiger partial charge in [-0.15, -0.1) is 0 Å². The Morgan fingerprint density at radius 3 is 2.92 bits per heavy atom. The summed E-state index contributed by atoms with van der Waals surface area (Å²) in [5.74, 6) is 0. The minimum atomic E-state index is -0.665. The maximum absolute atomic E-state index is 13.0. The number of nitrogens with zero attached hydrogens (tertiary/aromatic N) is 1. The Balaban J connectivity index is 1.83. The number of hydrogen-bond acceptors (Lipinski definition) is 3. The molecular weight excluding hydrogens is 171 g/mol. The summed E-state index contributed by atoms with van der Waals surface area (Å²) in [4.78, 5) is 2.06. The van der Waals surface area contributed by atoms with E-state index in [1.54, 1.807) is 0 Å². The molecule has 13 heavy (non-hydrogen) atoms. The summed E-state index contributed by atoms with van der Waals surface area (Å²) in [6, 6.07) is 0.277. The lowest BCUT2D eigenvalue weighted by atomic mass is 10.1. The van der Waals surface area contributed by atoms with Crippen LogP contribution in [0.25, 0.3) is 0 Å². The van der Waals surface area contributed by atoms with Gasteiger partial charge in [-0.1, -0.05) is 6.92 Å². The number of likely N-dealkylation sites (N-methyl/N-ethyl adjacent to an activating group) is 2. The third-order valence-corrected chi connectivity index (χ3v) is 2.86. The quantitative estimate of drug-likeness (QED) is 0.648. The van der Waals surface area contributed by atoms with Gasteiger partial charge in [0.25, 0.3) is 0 Å². The second-order valence-corrected chi connectivity index (χ2v) is 3.92. The van der Waals surface area contributed by atoms with Crippen molar-refractivity contribution in [3.63, 3.8) is 0 Å². The van der Waals surface area contributed by atoms with Gasteiger partial charge in [0, 0.05) is 12.6 Å². The molecule has 2 heterocycles. The zero-order valence-corrected chi connectivity index (χ0v) is 8.16. The fourth-order valence-corrected chi connectivity index (χ4v) is 2.13. The summed E-state index contributed by atoms with van der Waals surface area (Å²) in [6.45, 7) is 3.52. The first-order valence-electron chi connectivity index (χ1n) is 4.95. The van der Waals surface area contributed by atoms with Gasteiger partial charge in [0.05, 0.1) is 0 Å². The fraction of sp³-hybridized carbons (Fsp3) is 1.00. The van der Waals surface area contributed by atoms with Crippen molar-refractivity contribution in [3.05, 3.63) is 0 Å². The number of epoxide rings is 1. The van der Waals surface area contributed by atoms with Crippen molar-refractivity contribution in [2.75, 3.05) is 20.1 Å². The highest BCUT2D eigenvalue weighted by Crippen LogP contribution is 2.32. The van der Waals surface area contributed by atoms with Gasteiger partial charge >= 0.3 is 0 Å². The van der Waals surface area contributed by atoms with Gasteiger partial charge < -0.3 is 4.74 Å². The number of nitrogens with one attached hydrogen (secondary N) is 1. The molecule has 2 fully saturated rings. The van der Waals surface area contributed by atoms with E-state index in [2.05, 4.69) is 17.1 Å². The molecule has 76 valence electrons. The predicted octanol–water partition coefficient (Wildman–Crippen LogP) is 0.363. The molecule has 0 aliphatic carbocycles. The minimum Gasteiger partial charge on any atom is -0.352 e. The highest BCUT2D eigenvalue weighted by Gasteiger charge is 2.49. The van der Waals surface area contributed by atoms with Crippen LogP contribution in [0.1, 0.15) is 13.3 Å². The third kappa shape index (κ3) is 1.85. The van der Waals surface area contributed by atoms with Gasteiger partial charge in [0.1, 0.15) is 18.5 Å². The van der Waals surface area contributed by atoms with Crippen molar-refractivity contribution in [3.8, 4) is 0 Å². The maximum Gasteiger partial charge on any atom is 0.136 e. The summed E-state index contributed by atoms with van der Waals surface area (Å²) in [7, 11) is 1.97. The Kier molecular flexibility index (Phi) is 2.53. The number of likely N-dealkylation sites (tertiary alicyclic amines) is 1. The summed E-state index contributed by atoms with van der Waals surface area (Å²) < 4.78 is 18.4. The summed E-state index contributed by atoms with van der Waals surface area (Å²) >= 11 is 0. The van der Waals surface area contributed by atoms with Crippen LogP contribution in [-0.2, 0) is 4.74 Å². The average Bonchev–Trinajstić information content (AvgIpc) is 2.73. The molecule has 3 nitrogen and oxygen atoms in total. The maximum atomic E-state index is 13.0. The topological polar surface area (TPSA) is 27.8 Å². The van der Waals surface area contributed by atoms with E-state index in [4.69, 9.17) is 4.74 Å². The molecule has 4 atom stereocenters. The monoisotopic (exact) mass is 188 g/mol. The first kappa shape index (κ1) is 9.37. The van der Waals surface area contributed by atoms with E-state index >= 15 is 0 Å². The fourth-order valence-electron chi connectivity index (χ4n) is 2.13. The molecule has 0 saturated carbocycles. The molecule has 2 unspecified atom stereocenters. The first-order chi connectivity index (χ1) is 6.22. The molecule has 4 heteroatoms. The molecule has 0 aromatic rings. The lowest BCUT2D eigenvalue weighted by Crippen LogP contribution is -2.33. The van der Waals surface area contributed by atoms with Crippen molar-refractivity contribution >= 4 is 0 Å². The molecule has 0 aromatic carbocycles. The second kappa shape index (κ2) is 3.52. The highest BCUT2D eigenvalue weighted by atomic mass is 19.1. The predicted molar refractivity (Wildman–Crippen MR) is 48.3 cm³/mol. The van der Waals surface area contributed by atoms with Crippen LogP contribution in [-0.4, -0.2) is 49.6 Å². The highest BCUT2D eigenvalue weighted by molar-refractivity contribution is 4.98. The van der Waals surface area contributed by atoms with Crippen molar-refractivity contribution in [2.24, 2.45) is 0 Å². The molecule has 2 rings (SSSR count). The minimum absolute atomic E-state index is 0.169. The van der Waals surface area contributed by atoms with Gasteiger partial charge in [0.15, 0.2) is 0 Å². The second-order valence-electron chi connectivity index (χ2n) is 3.92. The van der Waals surface area contributed by atoms with Gasteiger partial charge in [-0.2, -0.15) is 0 Å². The van der Waals surface area contributed by atoms with Gasteiger partial charge in [-0.05, 0) is 20.0 Å². The lowest BCUT2D eigenvalue weighted by Gasteiger charge is -2.16. The number of hydrogen-bond donors (Lipinski definition) is 1. The molecule has 1 N–H and O–H groups in total. The Hall–Kier alpha value is -0.190. The zero-order chi connectivity index (χ0) is 9.42. The molecular formula is C9H17FN2O. The third-order valence-electron chi connectivity index (χ3n) is 2.86. The molecule has 2 aliphatic heterocycles. The largest absolute Gasteiger partial charge is 0.352 e. The first-order valence-corrected chi connectivity index (χ1v) is 4.95. The number of halogens is 1. The molecule has 2 saturated heterocycles. The van der Waals surface area contributed by atoms with Crippen LogP contribution < -0.4 is 5.32 Å². The van der Waals surface area contributed by atoms with Gasteiger partial charge in [0.2, 0.25) is 0 Å². The normalized spacial score (nSPS) is 45.5. The van der Waals surface area contributed by atoms with E-state index in [9.17, 15) is 4.39 Å². The van der Waals surface area contributed by atoms with E-state index in [-0.39, 0.29) is 18.4 Å². The van der Waals surface area contributed by atoms with E-state index < -0.39 is 6.17 Å². The van der Waals surface area contributed by atoms with Crippen molar-refractivity contribution in [1.82, 2.24) is 10.2 Å². The van der Waals surface area contributed by atoms with Gasteiger partial charge in [-0.3, -0.25) is 10.2 Å². The average molecular weight is 188 g/mol. The van der Waals surface area contributed by atoms with Crippen LogP contribution in [0.2, 0.25) is 0 Å². The van der Waals surface area contributed by atoms with Crippen LogP contribution in [0.4, 0.5) is 4.39 Å². The number of alkyl halides is 1. The molecule has 0 amide bonds. The van der Waals surface area contributed by atoms with E-state index in [1.165, 1.54) is 0 Å². The van der Waals surface area contributed by atoms with E-state index in [0.717, 1.165) is 6.54 Å². The summed E-state index contributed by atoms with van der Waals surface area (Å²) in [5.41, 5.74) is 0. The Morgan fingerprint density at radius 1 is 1.62 bits per heavy atom. The lowest BCUT2D eigenvalue weighted by molar-refractivity contribution is 0.240. The van der Waals surface area contributed by atoms with Crippen molar-refractivity contribution < 1.29 is 9.13 Å².